The Morgan fingerprint density at radius 2 is 2.19 bits per heavy atom. The van der Waals surface area contributed by atoms with Gasteiger partial charge in [0.05, 0.1) is 0 Å². The fourth-order valence-corrected chi connectivity index (χ4v) is 3.64. The predicted molar refractivity (Wildman–Crippen MR) is 71.0 cm³/mol. The Labute approximate surface area is 100 Å². The van der Waals surface area contributed by atoms with E-state index in [1.54, 1.807) is 5.56 Å². The number of benzene rings is 1. The molecule has 0 spiro atoms. The van der Waals surface area contributed by atoms with Crippen molar-refractivity contribution in [2.75, 3.05) is 6.54 Å². The van der Waals surface area contributed by atoms with Crippen LogP contribution in [0.5, 0.6) is 0 Å². The summed E-state index contributed by atoms with van der Waals surface area (Å²) in [7, 11) is 0. The van der Waals surface area contributed by atoms with Gasteiger partial charge in [-0.1, -0.05) is 18.2 Å². The Hall–Kier alpha value is -0.860. The zero-order chi connectivity index (χ0) is 11.0. The minimum atomic E-state index is 0.822. The average molecular weight is 231 g/mol. The lowest BCUT2D eigenvalue weighted by Crippen LogP contribution is -1.98. The van der Waals surface area contributed by atoms with Crippen LogP contribution in [0.4, 0.5) is 0 Å². The zero-order valence-corrected chi connectivity index (χ0v) is 10.2. The van der Waals surface area contributed by atoms with E-state index in [4.69, 9.17) is 5.73 Å². The van der Waals surface area contributed by atoms with Crippen molar-refractivity contribution in [1.29, 1.82) is 0 Å². The molecule has 0 saturated heterocycles. The fourth-order valence-electron chi connectivity index (χ4n) is 2.61. The molecule has 0 bridgehead atoms. The molecule has 1 fully saturated rings. The third kappa shape index (κ3) is 1.76. The molecule has 0 radical (unpaired) electrons. The van der Waals surface area contributed by atoms with Crippen LogP contribution >= 0.6 is 11.3 Å². The maximum Gasteiger partial charge on any atom is 0.0345 e. The van der Waals surface area contributed by atoms with E-state index in [1.807, 2.05) is 11.3 Å². The lowest BCUT2D eigenvalue weighted by Gasteiger charge is -1.98. The molecule has 0 aliphatic heterocycles. The summed E-state index contributed by atoms with van der Waals surface area (Å²) in [4.78, 5) is 0. The fraction of sp³-hybridized carbons (Fsp3) is 0.429. The summed E-state index contributed by atoms with van der Waals surface area (Å²) >= 11 is 1.88. The van der Waals surface area contributed by atoms with Gasteiger partial charge in [-0.15, -0.1) is 11.3 Å². The highest BCUT2D eigenvalue weighted by Gasteiger charge is 2.38. The molecule has 1 aliphatic rings. The quantitative estimate of drug-likeness (QED) is 0.852. The molecular formula is C14H17NS. The molecular weight excluding hydrogens is 214 g/mol. The van der Waals surface area contributed by atoms with Gasteiger partial charge in [-0.05, 0) is 60.0 Å². The predicted octanol–water partition coefficient (Wildman–Crippen LogP) is 3.74. The summed E-state index contributed by atoms with van der Waals surface area (Å²) in [5, 5.41) is 3.84. The molecule has 2 heteroatoms. The second kappa shape index (κ2) is 4.19. The number of rotatable bonds is 4. The van der Waals surface area contributed by atoms with E-state index in [9.17, 15) is 0 Å². The molecule has 3 rings (SSSR count). The van der Waals surface area contributed by atoms with Crippen molar-refractivity contribution in [2.45, 2.75) is 25.2 Å². The van der Waals surface area contributed by atoms with Gasteiger partial charge in [0.15, 0.2) is 0 Å². The van der Waals surface area contributed by atoms with Crippen molar-refractivity contribution in [1.82, 2.24) is 0 Å². The molecule has 0 amide bonds. The summed E-state index contributed by atoms with van der Waals surface area (Å²) in [6.07, 6.45) is 3.87. The molecule has 1 saturated carbocycles. The molecule has 1 heterocycles. The zero-order valence-electron chi connectivity index (χ0n) is 9.36. The van der Waals surface area contributed by atoms with Gasteiger partial charge in [-0.25, -0.2) is 0 Å². The van der Waals surface area contributed by atoms with Crippen molar-refractivity contribution in [3.8, 4) is 0 Å². The highest BCUT2D eigenvalue weighted by atomic mass is 32.1. The minimum absolute atomic E-state index is 0.822. The van der Waals surface area contributed by atoms with Crippen molar-refractivity contribution in [2.24, 2.45) is 11.7 Å². The molecule has 1 nitrogen and oxygen atoms in total. The van der Waals surface area contributed by atoms with Crippen LogP contribution < -0.4 is 5.73 Å². The van der Waals surface area contributed by atoms with E-state index in [2.05, 4.69) is 29.6 Å². The molecule has 16 heavy (non-hydrogen) atoms. The van der Waals surface area contributed by atoms with Gasteiger partial charge in [0.25, 0.3) is 0 Å². The third-order valence-corrected chi connectivity index (χ3v) is 4.59. The molecule has 2 aromatic rings. The van der Waals surface area contributed by atoms with Gasteiger partial charge in [0.2, 0.25) is 0 Å². The molecule has 1 aliphatic carbocycles. The molecule has 1 aromatic heterocycles. The van der Waals surface area contributed by atoms with Gasteiger partial charge >= 0.3 is 0 Å². The van der Waals surface area contributed by atoms with Crippen LogP contribution in [0.15, 0.2) is 29.6 Å². The largest absolute Gasteiger partial charge is 0.330 e. The molecule has 84 valence electrons. The van der Waals surface area contributed by atoms with E-state index in [1.165, 1.54) is 29.3 Å². The SMILES string of the molecule is NCCCC1CC1c1csc2ccccc12. The van der Waals surface area contributed by atoms with Crippen molar-refractivity contribution < 1.29 is 0 Å². The maximum atomic E-state index is 5.56. The Balaban J connectivity index is 1.81. The minimum Gasteiger partial charge on any atom is -0.330 e. The van der Waals surface area contributed by atoms with Gasteiger partial charge < -0.3 is 5.73 Å². The summed E-state index contributed by atoms with van der Waals surface area (Å²) in [5.74, 6) is 1.73. The Morgan fingerprint density at radius 1 is 1.31 bits per heavy atom. The monoisotopic (exact) mass is 231 g/mol. The number of hydrogen-bond acceptors (Lipinski definition) is 2. The third-order valence-electron chi connectivity index (χ3n) is 3.61. The summed E-state index contributed by atoms with van der Waals surface area (Å²) < 4.78 is 1.43. The van der Waals surface area contributed by atoms with Gasteiger partial charge in [0.1, 0.15) is 0 Å². The highest BCUT2D eigenvalue weighted by Crippen LogP contribution is 2.52. The molecule has 2 atom stereocenters. The topological polar surface area (TPSA) is 26.0 Å². The normalized spacial score (nSPS) is 23.8. The standard InChI is InChI=1S/C14H17NS/c15-7-3-4-10-8-12(10)13-9-16-14-6-2-1-5-11(13)14/h1-2,5-6,9-10,12H,3-4,7-8,15H2. The van der Waals surface area contributed by atoms with Gasteiger partial charge in [-0.2, -0.15) is 0 Å². The van der Waals surface area contributed by atoms with E-state index >= 15 is 0 Å². The Morgan fingerprint density at radius 3 is 3.06 bits per heavy atom. The highest BCUT2D eigenvalue weighted by molar-refractivity contribution is 7.17. The van der Waals surface area contributed by atoms with E-state index in [0.29, 0.717) is 0 Å². The van der Waals surface area contributed by atoms with Crippen LogP contribution in [0, 0.1) is 5.92 Å². The molecule has 2 N–H and O–H groups in total. The number of hydrogen-bond donors (Lipinski definition) is 1. The number of thiophene rings is 1. The summed E-state index contributed by atoms with van der Waals surface area (Å²) in [6.45, 7) is 0.841. The average Bonchev–Trinajstić information content (AvgIpc) is 2.96. The first-order valence-corrected chi connectivity index (χ1v) is 6.94. The second-order valence-electron chi connectivity index (χ2n) is 4.72. The second-order valence-corrected chi connectivity index (χ2v) is 5.63. The van der Waals surface area contributed by atoms with Crippen molar-refractivity contribution in [3.63, 3.8) is 0 Å². The number of fused-ring (bicyclic) bond motifs is 1. The Bertz CT molecular complexity index is 488. The number of nitrogens with two attached hydrogens (primary N) is 1. The summed E-state index contributed by atoms with van der Waals surface area (Å²) in [5.41, 5.74) is 7.15. The first-order chi connectivity index (χ1) is 7.90. The Kier molecular flexibility index (Phi) is 2.70. The van der Waals surface area contributed by atoms with Gasteiger partial charge in [0, 0.05) is 4.70 Å². The van der Waals surface area contributed by atoms with Crippen LogP contribution in [0.25, 0.3) is 10.1 Å². The van der Waals surface area contributed by atoms with Crippen molar-refractivity contribution in [3.05, 3.63) is 35.2 Å². The molecule has 2 unspecified atom stereocenters. The molecule has 1 aromatic carbocycles. The van der Waals surface area contributed by atoms with Crippen LogP contribution in [-0.4, -0.2) is 6.54 Å². The first-order valence-electron chi connectivity index (χ1n) is 6.06. The van der Waals surface area contributed by atoms with E-state index < -0.39 is 0 Å². The van der Waals surface area contributed by atoms with Crippen LogP contribution in [0.2, 0.25) is 0 Å². The smallest absolute Gasteiger partial charge is 0.0345 e. The lowest BCUT2D eigenvalue weighted by molar-refractivity contribution is 0.659. The van der Waals surface area contributed by atoms with E-state index in [-0.39, 0.29) is 0 Å². The first kappa shape index (κ1) is 10.3. The lowest BCUT2D eigenvalue weighted by atomic mass is 10.1. The maximum absolute atomic E-state index is 5.56. The van der Waals surface area contributed by atoms with Crippen LogP contribution in [0.1, 0.15) is 30.7 Å². The van der Waals surface area contributed by atoms with E-state index in [0.717, 1.165) is 18.4 Å². The van der Waals surface area contributed by atoms with Gasteiger partial charge in [-0.3, -0.25) is 0 Å². The summed E-state index contributed by atoms with van der Waals surface area (Å²) in [6, 6.07) is 8.76. The van der Waals surface area contributed by atoms with Crippen LogP contribution in [0.3, 0.4) is 0 Å². The van der Waals surface area contributed by atoms with Crippen molar-refractivity contribution >= 4 is 21.4 Å². The van der Waals surface area contributed by atoms with Crippen LogP contribution in [-0.2, 0) is 0 Å².